The van der Waals surface area contributed by atoms with Crippen molar-refractivity contribution in [2.24, 2.45) is 5.92 Å². The van der Waals surface area contributed by atoms with Gasteiger partial charge >= 0.3 is 18.0 Å². The third kappa shape index (κ3) is 2.81. The number of hydrogen-bond donors (Lipinski definition) is 1. The predicted octanol–water partition coefficient (Wildman–Crippen LogP) is 1.92. The second-order valence-corrected chi connectivity index (χ2v) is 6.08. The standard InChI is InChI=1S/C17H19NO6/c1-23-16(20)14-12-8-7-11(18(12)17(21)22)9-13(14)24-15(19)10-5-3-2-4-6-10/h2-6,11-14H,7-9H2,1H3,(H,21,22)/t11-,12+,13+,14+/m1/s1. The normalized spacial score (nSPS) is 28.3. The molecule has 0 aromatic heterocycles. The molecule has 2 fully saturated rings. The molecule has 0 unspecified atom stereocenters. The van der Waals surface area contributed by atoms with Gasteiger partial charge in [-0.2, -0.15) is 0 Å². The molecular formula is C17H19NO6. The van der Waals surface area contributed by atoms with Crippen LogP contribution in [0.15, 0.2) is 30.3 Å². The van der Waals surface area contributed by atoms with E-state index in [0.717, 1.165) is 0 Å². The highest BCUT2D eigenvalue weighted by atomic mass is 16.6. The molecule has 0 spiro atoms. The van der Waals surface area contributed by atoms with Crippen LogP contribution in [0.25, 0.3) is 0 Å². The van der Waals surface area contributed by atoms with Gasteiger partial charge < -0.3 is 19.5 Å². The van der Waals surface area contributed by atoms with E-state index >= 15 is 0 Å². The summed E-state index contributed by atoms with van der Waals surface area (Å²) in [7, 11) is 1.25. The maximum atomic E-state index is 12.3. The molecule has 7 heteroatoms. The minimum Gasteiger partial charge on any atom is -0.469 e. The monoisotopic (exact) mass is 333 g/mol. The number of esters is 2. The number of nitrogens with zero attached hydrogens (tertiary/aromatic N) is 1. The van der Waals surface area contributed by atoms with E-state index in [1.54, 1.807) is 30.3 Å². The molecule has 128 valence electrons. The Morgan fingerprint density at radius 3 is 2.50 bits per heavy atom. The van der Waals surface area contributed by atoms with Gasteiger partial charge in [0.05, 0.1) is 18.7 Å². The van der Waals surface area contributed by atoms with Gasteiger partial charge in [-0.05, 0) is 25.0 Å². The fourth-order valence-electron chi connectivity index (χ4n) is 3.80. The lowest BCUT2D eigenvalue weighted by molar-refractivity contribution is -0.155. The van der Waals surface area contributed by atoms with Gasteiger partial charge in [-0.25, -0.2) is 9.59 Å². The summed E-state index contributed by atoms with van der Waals surface area (Å²) in [4.78, 5) is 37.3. The van der Waals surface area contributed by atoms with E-state index < -0.39 is 36.1 Å². The molecule has 7 nitrogen and oxygen atoms in total. The lowest BCUT2D eigenvalue weighted by atomic mass is 9.87. The molecule has 2 aliphatic rings. The van der Waals surface area contributed by atoms with Crippen molar-refractivity contribution in [1.82, 2.24) is 4.90 Å². The van der Waals surface area contributed by atoms with Crippen molar-refractivity contribution in [2.45, 2.75) is 37.5 Å². The maximum Gasteiger partial charge on any atom is 0.407 e. The molecule has 1 aromatic carbocycles. The fraction of sp³-hybridized carbons (Fsp3) is 0.471. The number of carbonyl (C=O) groups excluding carboxylic acids is 2. The highest BCUT2D eigenvalue weighted by Gasteiger charge is 2.54. The van der Waals surface area contributed by atoms with Crippen LogP contribution in [0.2, 0.25) is 0 Å². The number of rotatable bonds is 3. The van der Waals surface area contributed by atoms with Gasteiger partial charge in [-0.1, -0.05) is 18.2 Å². The molecule has 24 heavy (non-hydrogen) atoms. The number of carboxylic acid groups (broad SMARTS) is 1. The Balaban J connectivity index is 1.83. The molecule has 1 amide bonds. The van der Waals surface area contributed by atoms with Crippen LogP contribution in [0.3, 0.4) is 0 Å². The molecule has 0 radical (unpaired) electrons. The summed E-state index contributed by atoms with van der Waals surface area (Å²) in [6, 6.07) is 7.77. The van der Waals surface area contributed by atoms with E-state index in [0.29, 0.717) is 24.8 Å². The van der Waals surface area contributed by atoms with Crippen LogP contribution >= 0.6 is 0 Å². The maximum absolute atomic E-state index is 12.3. The average Bonchev–Trinajstić information content (AvgIpc) is 2.90. The lowest BCUT2D eigenvalue weighted by Crippen LogP contribution is -2.56. The van der Waals surface area contributed by atoms with Gasteiger partial charge in [-0.3, -0.25) is 4.79 Å². The van der Waals surface area contributed by atoms with E-state index in [-0.39, 0.29) is 6.04 Å². The topological polar surface area (TPSA) is 93.1 Å². The lowest BCUT2D eigenvalue weighted by Gasteiger charge is -2.41. The quantitative estimate of drug-likeness (QED) is 0.850. The summed E-state index contributed by atoms with van der Waals surface area (Å²) in [5, 5.41) is 9.40. The molecule has 3 rings (SSSR count). The first kappa shape index (κ1) is 16.3. The van der Waals surface area contributed by atoms with E-state index in [2.05, 4.69) is 0 Å². The van der Waals surface area contributed by atoms with Crippen molar-refractivity contribution >= 4 is 18.0 Å². The number of carbonyl (C=O) groups is 3. The van der Waals surface area contributed by atoms with Gasteiger partial charge in [0.1, 0.15) is 12.0 Å². The molecule has 4 atom stereocenters. The summed E-state index contributed by atoms with van der Waals surface area (Å²) in [5.41, 5.74) is 0.397. The largest absolute Gasteiger partial charge is 0.469 e. The molecular weight excluding hydrogens is 314 g/mol. The van der Waals surface area contributed by atoms with Crippen molar-refractivity contribution in [3.05, 3.63) is 35.9 Å². The van der Waals surface area contributed by atoms with Gasteiger partial charge in [0.15, 0.2) is 0 Å². The first-order valence-corrected chi connectivity index (χ1v) is 7.88. The number of hydrogen-bond acceptors (Lipinski definition) is 5. The summed E-state index contributed by atoms with van der Waals surface area (Å²) in [5.74, 6) is -1.85. The smallest absolute Gasteiger partial charge is 0.407 e. The Morgan fingerprint density at radius 2 is 1.88 bits per heavy atom. The van der Waals surface area contributed by atoms with E-state index in [4.69, 9.17) is 9.47 Å². The van der Waals surface area contributed by atoms with Crippen LogP contribution in [-0.2, 0) is 14.3 Å². The summed E-state index contributed by atoms with van der Waals surface area (Å²) in [6.07, 6.45) is -0.205. The molecule has 2 saturated heterocycles. The molecule has 0 aliphatic carbocycles. The van der Waals surface area contributed by atoms with Gasteiger partial charge in [-0.15, -0.1) is 0 Å². The summed E-state index contributed by atoms with van der Waals surface area (Å²) >= 11 is 0. The SMILES string of the molecule is COC(=O)[C@@H]1[C@@H](OC(=O)c2ccccc2)C[C@H]2CC[C@@H]1N2C(=O)O. The third-order valence-corrected chi connectivity index (χ3v) is 4.83. The van der Waals surface area contributed by atoms with E-state index in [1.165, 1.54) is 12.0 Å². The zero-order valence-electron chi connectivity index (χ0n) is 13.3. The first-order valence-electron chi connectivity index (χ1n) is 7.88. The Morgan fingerprint density at radius 1 is 1.17 bits per heavy atom. The molecule has 1 N–H and O–H groups in total. The minimum atomic E-state index is -1.05. The highest BCUT2D eigenvalue weighted by molar-refractivity contribution is 5.89. The van der Waals surface area contributed by atoms with Crippen LogP contribution in [0, 0.1) is 5.92 Å². The van der Waals surface area contributed by atoms with Crippen molar-refractivity contribution in [3.8, 4) is 0 Å². The van der Waals surface area contributed by atoms with E-state index in [1.807, 2.05) is 0 Å². The minimum absolute atomic E-state index is 0.234. The second-order valence-electron chi connectivity index (χ2n) is 6.08. The van der Waals surface area contributed by atoms with Crippen LogP contribution < -0.4 is 0 Å². The van der Waals surface area contributed by atoms with Crippen molar-refractivity contribution in [1.29, 1.82) is 0 Å². The van der Waals surface area contributed by atoms with Crippen molar-refractivity contribution in [2.75, 3.05) is 7.11 Å². The van der Waals surface area contributed by atoms with Crippen molar-refractivity contribution < 1.29 is 29.0 Å². The molecule has 2 heterocycles. The molecule has 0 saturated carbocycles. The molecule has 2 bridgehead atoms. The van der Waals surface area contributed by atoms with E-state index in [9.17, 15) is 19.5 Å². The van der Waals surface area contributed by atoms with Crippen molar-refractivity contribution in [3.63, 3.8) is 0 Å². The van der Waals surface area contributed by atoms with Gasteiger partial charge in [0, 0.05) is 12.5 Å². The number of fused-ring (bicyclic) bond motifs is 2. The summed E-state index contributed by atoms with van der Waals surface area (Å²) < 4.78 is 10.4. The Bertz CT molecular complexity index is 646. The van der Waals surface area contributed by atoms with Crippen LogP contribution in [-0.4, -0.2) is 53.3 Å². The number of piperidine rings is 1. The van der Waals surface area contributed by atoms with Gasteiger partial charge in [0.25, 0.3) is 0 Å². The van der Waals surface area contributed by atoms with Crippen LogP contribution in [0.5, 0.6) is 0 Å². The zero-order valence-corrected chi connectivity index (χ0v) is 13.3. The predicted molar refractivity (Wildman–Crippen MR) is 82.4 cm³/mol. The Labute approximate surface area is 139 Å². The molecule has 1 aromatic rings. The van der Waals surface area contributed by atoms with Crippen LogP contribution in [0.4, 0.5) is 4.79 Å². The molecule has 2 aliphatic heterocycles. The fourth-order valence-corrected chi connectivity index (χ4v) is 3.80. The zero-order chi connectivity index (χ0) is 17.3. The van der Waals surface area contributed by atoms with Crippen LogP contribution in [0.1, 0.15) is 29.6 Å². The number of amides is 1. The average molecular weight is 333 g/mol. The Kier molecular flexibility index (Phi) is 4.42. The number of methoxy groups -OCH3 is 1. The summed E-state index contributed by atoms with van der Waals surface area (Å²) in [6.45, 7) is 0. The van der Waals surface area contributed by atoms with Gasteiger partial charge in [0.2, 0.25) is 0 Å². The Hall–Kier alpha value is -2.57. The number of benzene rings is 1. The number of ether oxygens (including phenoxy) is 2. The second kappa shape index (κ2) is 6.51. The highest BCUT2D eigenvalue weighted by Crippen LogP contribution is 2.41. The third-order valence-electron chi connectivity index (χ3n) is 4.83. The first-order chi connectivity index (χ1) is 11.5.